The number of aromatic nitrogens is 2. The lowest BCUT2D eigenvalue weighted by Gasteiger charge is -2.23. The van der Waals surface area contributed by atoms with Gasteiger partial charge in [0.05, 0.1) is 5.69 Å². The van der Waals surface area contributed by atoms with Gasteiger partial charge < -0.3 is 9.80 Å². The second-order valence-electron chi connectivity index (χ2n) is 8.33. The average molecular weight is 350 g/mol. The zero-order valence-corrected chi connectivity index (χ0v) is 15.3. The number of H-pyrrole nitrogens is 1. The molecule has 0 bridgehead atoms. The van der Waals surface area contributed by atoms with Gasteiger partial charge in [-0.2, -0.15) is 5.10 Å². The van der Waals surface area contributed by atoms with Gasteiger partial charge in [0, 0.05) is 31.7 Å². The Balaban J connectivity index is 1.28. The van der Waals surface area contributed by atoms with Crippen LogP contribution < -0.4 is 0 Å². The van der Waals surface area contributed by atoms with Crippen molar-refractivity contribution in [2.45, 2.75) is 31.7 Å². The molecule has 5 nitrogen and oxygen atoms in total. The molecule has 1 saturated carbocycles. The number of likely N-dealkylation sites (N-methyl/N-ethyl adjacent to an activating group) is 1. The van der Waals surface area contributed by atoms with Gasteiger partial charge in [0.2, 0.25) is 0 Å². The fraction of sp³-hybridized carbons (Fsp3) is 0.524. The number of carbonyl (C=O) groups excluding carboxylic acids is 1. The molecule has 5 heteroatoms. The van der Waals surface area contributed by atoms with Crippen LogP contribution in [-0.4, -0.2) is 52.6 Å². The van der Waals surface area contributed by atoms with Crippen LogP contribution in [0.5, 0.6) is 0 Å². The van der Waals surface area contributed by atoms with E-state index in [1.54, 1.807) is 0 Å². The van der Waals surface area contributed by atoms with Crippen LogP contribution in [0.1, 0.15) is 46.1 Å². The topological polar surface area (TPSA) is 52.2 Å². The highest BCUT2D eigenvalue weighted by Crippen LogP contribution is 2.46. The zero-order valence-electron chi connectivity index (χ0n) is 15.3. The van der Waals surface area contributed by atoms with Crippen LogP contribution in [0, 0.1) is 11.8 Å². The van der Waals surface area contributed by atoms with Crippen molar-refractivity contribution >= 4 is 5.91 Å². The number of rotatable bonds is 2. The van der Waals surface area contributed by atoms with Crippen molar-refractivity contribution in [3.05, 3.63) is 52.8 Å². The van der Waals surface area contributed by atoms with Gasteiger partial charge in [-0.15, -0.1) is 0 Å². The third-order valence-corrected chi connectivity index (χ3v) is 6.64. The third-order valence-electron chi connectivity index (χ3n) is 6.64. The molecule has 26 heavy (non-hydrogen) atoms. The molecule has 2 aromatic rings. The molecule has 2 aliphatic heterocycles. The molecular weight excluding hydrogens is 324 g/mol. The number of benzene rings is 1. The highest BCUT2D eigenvalue weighted by molar-refractivity contribution is 5.94. The summed E-state index contributed by atoms with van der Waals surface area (Å²) < 4.78 is 0. The Bertz CT molecular complexity index is 801. The van der Waals surface area contributed by atoms with Gasteiger partial charge in [-0.1, -0.05) is 30.3 Å². The number of fused-ring (bicyclic) bond motifs is 2. The normalized spacial score (nSPS) is 28.2. The molecule has 2 atom stereocenters. The lowest BCUT2D eigenvalue weighted by atomic mass is 9.96. The number of hydrogen-bond donors (Lipinski definition) is 1. The van der Waals surface area contributed by atoms with Gasteiger partial charge >= 0.3 is 0 Å². The highest BCUT2D eigenvalue weighted by atomic mass is 16.2. The van der Waals surface area contributed by atoms with Gasteiger partial charge in [-0.25, -0.2) is 0 Å². The molecule has 3 heterocycles. The fourth-order valence-corrected chi connectivity index (χ4v) is 5.24. The smallest absolute Gasteiger partial charge is 0.274 e. The van der Waals surface area contributed by atoms with Gasteiger partial charge in [-0.3, -0.25) is 9.89 Å². The van der Waals surface area contributed by atoms with Gasteiger partial charge in [0.1, 0.15) is 0 Å². The summed E-state index contributed by atoms with van der Waals surface area (Å²) in [6.07, 6.45) is 3.34. The Morgan fingerprint density at radius 2 is 1.88 bits per heavy atom. The van der Waals surface area contributed by atoms with Gasteiger partial charge in [0.15, 0.2) is 5.69 Å². The van der Waals surface area contributed by atoms with E-state index in [1.165, 1.54) is 18.4 Å². The predicted octanol–water partition coefficient (Wildman–Crippen LogP) is 2.66. The van der Waals surface area contributed by atoms with E-state index in [2.05, 4.69) is 57.4 Å². The van der Waals surface area contributed by atoms with Crippen LogP contribution in [0.15, 0.2) is 30.3 Å². The molecule has 5 rings (SSSR count). The van der Waals surface area contributed by atoms with Crippen LogP contribution in [0.3, 0.4) is 0 Å². The second kappa shape index (κ2) is 6.23. The number of nitrogens with zero attached hydrogens (tertiary/aromatic N) is 3. The largest absolute Gasteiger partial charge is 0.337 e. The molecule has 2 unspecified atom stereocenters. The van der Waals surface area contributed by atoms with Crippen molar-refractivity contribution in [3.63, 3.8) is 0 Å². The molecule has 1 aromatic heterocycles. The van der Waals surface area contributed by atoms with Crippen LogP contribution in [0.2, 0.25) is 0 Å². The number of carbonyl (C=O) groups is 1. The maximum atomic E-state index is 13.1. The standard InChI is InChI=1S/C21H26N4O/c1-24-8-7-18-19(13-24)22-23-20(18)21(26)25-11-16-9-15(10-17(16)12-25)14-5-3-2-4-6-14/h2-6,15-17H,7-13H2,1H3,(H,22,23). The second-order valence-corrected chi connectivity index (χ2v) is 8.33. The molecule has 1 amide bonds. The Morgan fingerprint density at radius 1 is 1.15 bits per heavy atom. The Morgan fingerprint density at radius 3 is 2.62 bits per heavy atom. The number of nitrogens with one attached hydrogen (secondary N) is 1. The molecule has 1 aliphatic carbocycles. The van der Waals surface area contributed by atoms with Crippen LogP contribution in [0.4, 0.5) is 0 Å². The first-order valence-electron chi connectivity index (χ1n) is 9.78. The van der Waals surface area contributed by atoms with Gasteiger partial charge in [-0.05, 0) is 49.6 Å². The SMILES string of the molecule is CN1CCc2c(C(=O)N3CC4CC(c5ccccc5)CC4C3)n[nH]c2C1. The lowest BCUT2D eigenvalue weighted by Crippen LogP contribution is -2.32. The Labute approximate surface area is 154 Å². The van der Waals surface area contributed by atoms with Crippen molar-refractivity contribution in [3.8, 4) is 0 Å². The van der Waals surface area contributed by atoms with E-state index >= 15 is 0 Å². The summed E-state index contributed by atoms with van der Waals surface area (Å²) in [4.78, 5) is 17.4. The molecule has 0 spiro atoms. The number of hydrogen-bond acceptors (Lipinski definition) is 3. The summed E-state index contributed by atoms with van der Waals surface area (Å²) in [5.74, 6) is 2.09. The summed E-state index contributed by atoms with van der Waals surface area (Å²) in [7, 11) is 2.11. The Hall–Kier alpha value is -2.14. The highest BCUT2D eigenvalue weighted by Gasteiger charge is 2.43. The summed E-state index contributed by atoms with van der Waals surface area (Å²) in [6.45, 7) is 3.65. The van der Waals surface area contributed by atoms with E-state index in [4.69, 9.17) is 0 Å². The lowest BCUT2D eigenvalue weighted by molar-refractivity contribution is 0.0772. The van der Waals surface area contributed by atoms with Crippen LogP contribution in [-0.2, 0) is 13.0 Å². The monoisotopic (exact) mass is 350 g/mol. The summed E-state index contributed by atoms with van der Waals surface area (Å²) >= 11 is 0. The maximum Gasteiger partial charge on any atom is 0.274 e. The number of likely N-dealkylation sites (tertiary alicyclic amines) is 1. The van der Waals surface area contributed by atoms with Crippen molar-refractivity contribution in [2.24, 2.45) is 11.8 Å². The van der Waals surface area contributed by atoms with Crippen molar-refractivity contribution in [1.82, 2.24) is 20.0 Å². The minimum Gasteiger partial charge on any atom is -0.337 e. The quantitative estimate of drug-likeness (QED) is 0.906. The minimum atomic E-state index is 0.137. The van der Waals surface area contributed by atoms with Crippen LogP contribution >= 0.6 is 0 Å². The van der Waals surface area contributed by atoms with E-state index in [-0.39, 0.29) is 5.91 Å². The molecular formula is C21H26N4O. The predicted molar refractivity (Wildman–Crippen MR) is 99.9 cm³/mol. The van der Waals surface area contributed by atoms with Crippen molar-refractivity contribution in [2.75, 3.05) is 26.7 Å². The first kappa shape index (κ1) is 16.1. The molecule has 1 aromatic carbocycles. The number of amides is 1. The van der Waals surface area contributed by atoms with E-state index in [1.807, 2.05) is 0 Å². The van der Waals surface area contributed by atoms with E-state index in [0.29, 0.717) is 23.4 Å². The van der Waals surface area contributed by atoms with E-state index in [0.717, 1.165) is 43.9 Å². The Kier molecular flexibility index (Phi) is 3.85. The van der Waals surface area contributed by atoms with Crippen molar-refractivity contribution in [1.29, 1.82) is 0 Å². The summed E-state index contributed by atoms with van der Waals surface area (Å²) in [6, 6.07) is 10.9. The molecule has 1 saturated heterocycles. The first-order chi connectivity index (χ1) is 12.7. The minimum absolute atomic E-state index is 0.137. The summed E-state index contributed by atoms with van der Waals surface area (Å²) in [5, 5.41) is 7.49. The number of aromatic amines is 1. The van der Waals surface area contributed by atoms with Crippen LogP contribution in [0.25, 0.3) is 0 Å². The fourth-order valence-electron chi connectivity index (χ4n) is 5.24. The average Bonchev–Trinajstić information content (AvgIpc) is 3.34. The molecule has 1 N–H and O–H groups in total. The van der Waals surface area contributed by atoms with Gasteiger partial charge in [0.25, 0.3) is 5.91 Å². The maximum absolute atomic E-state index is 13.1. The molecule has 0 radical (unpaired) electrons. The van der Waals surface area contributed by atoms with Crippen molar-refractivity contribution < 1.29 is 4.79 Å². The molecule has 2 fully saturated rings. The van der Waals surface area contributed by atoms with E-state index < -0.39 is 0 Å². The summed E-state index contributed by atoms with van der Waals surface area (Å²) in [5.41, 5.74) is 4.40. The third kappa shape index (κ3) is 2.65. The first-order valence-corrected chi connectivity index (χ1v) is 9.78. The molecule has 3 aliphatic rings. The zero-order chi connectivity index (χ0) is 17.7. The van der Waals surface area contributed by atoms with E-state index in [9.17, 15) is 4.79 Å². The molecule has 136 valence electrons.